The summed E-state index contributed by atoms with van der Waals surface area (Å²) in [6, 6.07) is 4.14. The lowest BCUT2D eigenvalue weighted by atomic mass is 10.5. The molecular formula is C9H11BrO2S2. The van der Waals surface area contributed by atoms with E-state index < -0.39 is 0 Å². The number of carbonyl (C=O) groups is 1. The van der Waals surface area contributed by atoms with Crippen LogP contribution in [0.4, 0.5) is 0 Å². The molecule has 14 heavy (non-hydrogen) atoms. The van der Waals surface area contributed by atoms with Crippen molar-refractivity contribution in [2.45, 2.75) is 12.2 Å². The molecule has 1 aromatic heterocycles. The van der Waals surface area contributed by atoms with Gasteiger partial charge in [0.1, 0.15) is 0 Å². The molecular weight excluding hydrogens is 284 g/mol. The summed E-state index contributed by atoms with van der Waals surface area (Å²) in [6.07, 6.45) is 0.494. The molecule has 0 fully saturated rings. The Hall–Kier alpha value is -0.0000000000000000833. The third-order valence-corrected chi connectivity index (χ3v) is 4.37. The Bertz CT molecular complexity index is 299. The molecule has 1 rings (SSSR count). The zero-order valence-electron chi connectivity index (χ0n) is 7.79. The number of esters is 1. The molecule has 1 aromatic rings. The second-order valence-electron chi connectivity index (χ2n) is 2.58. The van der Waals surface area contributed by atoms with E-state index in [0.29, 0.717) is 6.42 Å². The molecule has 0 bridgehead atoms. The van der Waals surface area contributed by atoms with Crippen molar-refractivity contribution in [3.05, 3.63) is 20.8 Å². The molecule has 0 amide bonds. The minimum absolute atomic E-state index is 0.134. The van der Waals surface area contributed by atoms with Crippen LogP contribution in [-0.2, 0) is 15.3 Å². The van der Waals surface area contributed by atoms with Gasteiger partial charge in [0.15, 0.2) is 0 Å². The summed E-state index contributed by atoms with van der Waals surface area (Å²) in [6.45, 7) is 0. The molecule has 2 nitrogen and oxygen atoms in total. The topological polar surface area (TPSA) is 26.3 Å². The second kappa shape index (κ2) is 6.48. The second-order valence-corrected chi connectivity index (χ2v) is 6.24. The molecule has 0 aromatic carbocycles. The van der Waals surface area contributed by atoms with E-state index >= 15 is 0 Å². The van der Waals surface area contributed by atoms with Gasteiger partial charge in [0.25, 0.3) is 0 Å². The van der Waals surface area contributed by atoms with Crippen molar-refractivity contribution >= 4 is 45.0 Å². The summed E-state index contributed by atoms with van der Waals surface area (Å²) in [4.78, 5) is 12.1. The van der Waals surface area contributed by atoms with E-state index in [1.807, 2.05) is 6.07 Å². The Morgan fingerprint density at radius 1 is 1.64 bits per heavy atom. The van der Waals surface area contributed by atoms with Crippen LogP contribution in [0.15, 0.2) is 15.9 Å². The molecule has 0 aliphatic heterocycles. The molecule has 0 saturated heterocycles. The predicted molar refractivity (Wildman–Crippen MR) is 64.8 cm³/mol. The van der Waals surface area contributed by atoms with Crippen LogP contribution in [0, 0.1) is 0 Å². The lowest BCUT2D eigenvalue weighted by Crippen LogP contribution is -2.00. The smallest absolute Gasteiger partial charge is 0.306 e. The van der Waals surface area contributed by atoms with Gasteiger partial charge in [-0.2, -0.15) is 11.8 Å². The first-order valence-electron chi connectivity index (χ1n) is 4.11. The predicted octanol–water partition coefficient (Wildman–Crippen LogP) is 3.31. The van der Waals surface area contributed by atoms with Crippen LogP contribution in [0.5, 0.6) is 0 Å². The van der Waals surface area contributed by atoms with Crippen LogP contribution in [0.25, 0.3) is 0 Å². The quantitative estimate of drug-likeness (QED) is 0.616. The van der Waals surface area contributed by atoms with Crippen molar-refractivity contribution in [1.29, 1.82) is 0 Å². The van der Waals surface area contributed by atoms with E-state index in [9.17, 15) is 4.79 Å². The highest BCUT2D eigenvalue weighted by molar-refractivity contribution is 9.11. The molecule has 5 heteroatoms. The molecule has 0 aliphatic carbocycles. The highest BCUT2D eigenvalue weighted by Gasteiger charge is 2.01. The molecule has 0 radical (unpaired) electrons. The fourth-order valence-corrected chi connectivity index (χ4v) is 3.38. The van der Waals surface area contributed by atoms with Gasteiger partial charge in [0.05, 0.1) is 17.3 Å². The van der Waals surface area contributed by atoms with Gasteiger partial charge in [-0.1, -0.05) is 0 Å². The van der Waals surface area contributed by atoms with Crippen molar-refractivity contribution in [2.24, 2.45) is 0 Å². The minimum atomic E-state index is -0.134. The summed E-state index contributed by atoms with van der Waals surface area (Å²) >= 11 is 6.89. The highest BCUT2D eigenvalue weighted by atomic mass is 79.9. The van der Waals surface area contributed by atoms with Crippen LogP contribution in [0.2, 0.25) is 0 Å². The number of rotatable bonds is 5. The molecule has 1 heterocycles. The monoisotopic (exact) mass is 294 g/mol. The average molecular weight is 295 g/mol. The number of hydrogen-bond acceptors (Lipinski definition) is 4. The van der Waals surface area contributed by atoms with E-state index in [-0.39, 0.29) is 5.97 Å². The van der Waals surface area contributed by atoms with Crippen molar-refractivity contribution in [3.8, 4) is 0 Å². The Balaban J connectivity index is 2.13. The van der Waals surface area contributed by atoms with Crippen molar-refractivity contribution in [2.75, 3.05) is 12.9 Å². The van der Waals surface area contributed by atoms with Gasteiger partial charge in [-0.05, 0) is 28.1 Å². The molecule has 0 aliphatic rings. The first-order valence-corrected chi connectivity index (χ1v) is 6.87. The Morgan fingerprint density at radius 3 is 3.00 bits per heavy atom. The first kappa shape index (κ1) is 12.1. The molecule has 78 valence electrons. The Morgan fingerprint density at radius 2 is 2.43 bits per heavy atom. The van der Waals surface area contributed by atoms with Gasteiger partial charge >= 0.3 is 5.97 Å². The zero-order chi connectivity index (χ0) is 10.4. The maximum atomic E-state index is 10.8. The van der Waals surface area contributed by atoms with E-state index in [1.54, 1.807) is 23.1 Å². The maximum absolute atomic E-state index is 10.8. The van der Waals surface area contributed by atoms with E-state index in [1.165, 1.54) is 12.0 Å². The lowest BCUT2D eigenvalue weighted by Gasteiger charge is -1.98. The average Bonchev–Trinajstić information content (AvgIpc) is 2.58. The van der Waals surface area contributed by atoms with Gasteiger partial charge in [-0.3, -0.25) is 4.79 Å². The number of methoxy groups -OCH3 is 1. The van der Waals surface area contributed by atoms with Gasteiger partial charge in [-0.25, -0.2) is 0 Å². The Kier molecular flexibility index (Phi) is 5.59. The summed E-state index contributed by atoms with van der Waals surface area (Å²) in [5, 5.41) is 0. The molecule has 0 unspecified atom stereocenters. The van der Waals surface area contributed by atoms with E-state index in [2.05, 4.69) is 26.7 Å². The highest BCUT2D eigenvalue weighted by Crippen LogP contribution is 2.25. The van der Waals surface area contributed by atoms with Crippen molar-refractivity contribution < 1.29 is 9.53 Å². The van der Waals surface area contributed by atoms with Crippen LogP contribution in [0.1, 0.15) is 11.3 Å². The molecule has 0 saturated carbocycles. The van der Waals surface area contributed by atoms with Gasteiger partial charge in [-0.15, -0.1) is 11.3 Å². The fourth-order valence-electron chi connectivity index (χ4n) is 0.860. The maximum Gasteiger partial charge on any atom is 0.306 e. The van der Waals surface area contributed by atoms with Crippen molar-refractivity contribution in [1.82, 2.24) is 0 Å². The first-order chi connectivity index (χ1) is 6.72. The third-order valence-electron chi connectivity index (χ3n) is 1.55. The third kappa shape index (κ3) is 4.48. The van der Waals surface area contributed by atoms with Crippen LogP contribution >= 0.6 is 39.0 Å². The fraction of sp³-hybridized carbons (Fsp3) is 0.444. The minimum Gasteiger partial charge on any atom is -0.469 e. The number of thioether (sulfide) groups is 1. The SMILES string of the molecule is COC(=O)CCSCc1ccc(Br)s1. The number of carbonyl (C=O) groups excluding carboxylic acids is 1. The summed E-state index contributed by atoms with van der Waals surface area (Å²) < 4.78 is 5.70. The lowest BCUT2D eigenvalue weighted by molar-refractivity contribution is -0.140. The summed E-state index contributed by atoms with van der Waals surface area (Å²) in [5.41, 5.74) is 0. The zero-order valence-corrected chi connectivity index (χ0v) is 11.0. The Labute approximate surface area is 100 Å². The number of ether oxygens (including phenoxy) is 1. The van der Waals surface area contributed by atoms with Gasteiger partial charge in [0.2, 0.25) is 0 Å². The largest absolute Gasteiger partial charge is 0.469 e. The van der Waals surface area contributed by atoms with Gasteiger partial charge in [0, 0.05) is 16.4 Å². The standard InChI is InChI=1S/C9H11BrO2S2/c1-12-9(11)4-5-13-6-7-2-3-8(10)14-7/h2-3H,4-6H2,1H3. The molecule has 0 atom stereocenters. The van der Waals surface area contributed by atoms with Crippen LogP contribution in [0.3, 0.4) is 0 Å². The van der Waals surface area contributed by atoms with Crippen LogP contribution in [-0.4, -0.2) is 18.8 Å². The van der Waals surface area contributed by atoms with Gasteiger partial charge < -0.3 is 4.74 Å². The number of hydrogen-bond donors (Lipinski definition) is 0. The normalized spacial score (nSPS) is 10.1. The van der Waals surface area contributed by atoms with E-state index in [0.717, 1.165) is 15.3 Å². The number of halogens is 1. The van der Waals surface area contributed by atoms with E-state index in [4.69, 9.17) is 0 Å². The summed E-state index contributed by atoms with van der Waals surface area (Å²) in [7, 11) is 1.42. The number of thiophene rings is 1. The van der Waals surface area contributed by atoms with Crippen LogP contribution < -0.4 is 0 Å². The summed E-state index contributed by atoms with van der Waals surface area (Å²) in [5.74, 6) is 1.65. The van der Waals surface area contributed by atoms with Crippen molar-refractivity contribution in [3.63, 3.8) is 0 Å². The molecule has 0 N–H and O–H groups in total. The molecule has 0 spiro atoms.